The van der Waals surface area contributed by atoms with Crippen LogP contribution >= 0.6 is 0 Å². The summed E-state index contributed by atoms with van der Waals surface area (Å²) < 4.78 is 16.4. The molecule has 0 aromatic carbocycles. The van der Waals surface area contributed by atoms with Gasteiger partial charge in [-0.1, -0.05) is 0 Å². The zero-order valence-corrected chi connectivity index (χ0v) is 4.89. The van der Waals surface area contributed by atoms with Gasteiger partial charge in [0.1, 0.15) is 11.5 Å². The van der Waals surface area contributed by atoms with Crippen molar-refractivity contribution in [1.29, 1.82) is 0 Å². The highest BCUT2D eigenvalue weighted by Crippen LogP contribution is 2.06. The lowest BCUT2D eigenvalue weighted by Gasteiger charge is -1.83. The molecule has 0 atom stereocenters. The Morgan fingerprint density at radius 1 is 1.78 bits per heavy atom. The van der Waals surface area contributed by atoms with Crippen molar-refractivity contribution in [2.24, 2.45) is 0 Å². The number of nitrogens with zero attached hydrogens (tertiary/aromatic N) is 1. The van der Waals surface area contributed by atoms with Crippen LogP contribution in [0.3, 0.4) is 0 Å². The molecule has 1 rings (SSSR count). The molecule has 0 spiro atoms. The van der Waals surface area contributed by atoms with Crippen LogP contribution < -0.4 is 0 Å². The van der Waals surface area contributed by atoms with Gasteiger partial charge in [-0.25, -0.2) is 0 Å². The van der Waals surface area contributed by atoms with Crippen LogP contribution in [0.2, 0.25) is 0 Å². The van der Waals surface area contributed by atoms with Crippen molar-refractivity contribution < 1.29 is 13.9 Å². The maximum atomic E-state index is 12.0. The largest absolute Gasteiger partial charge is 0.420 e. The van der Waals surface area contributed by atoms with Crippen LogP contribution in [-0.2, 0) is 6.61 Å². The smallest absolute Gasteiger partial charge is 0.381 e. The highest BCUT2D eigenvalue weighted by Gasteiger charge is 2.05. The van der Waals surface area contributed by atoms with E-state index in [1.807, 2.05) is 0 Å². The van der Waals surface area contributed by atoms with Gasteiger partial charge in [-0.05, 0) is 6.92 Å². The molecule has 0 aliphatic rings. The number of aromatic nitrogens is 1. The SMILES string of the molecule is Cc1oc(F)nc1CO. The van der Waals surface area contributed by atoms with E-state index in [0.717, 1.165) is 0 Å². The molecule has 0 amide bonds. The zero-order chi connectivity index (χ0) is 6.85. The number of halogens is 1. The van der Waals surface area contributed by atoms with Gasteiger partial charge in [-0.3, -0.25) is 0 Å². The van der Waals surface area contributed by atoms with E-state index in [1.54, 1.807) is 6.92 Å². The van der Waals surface area contributed by atoms with Crippen molar-refractivity contribution in [3.05, 3.63) is 17.6 Å². The summed E-state index contributed by atoms with van der Waals surface area (Å²) in [5, 5.41) is 8.44. The van der Waals surface area contributed by atoms with Crippen molar-refractivity contribution >= 4 is 0 Å². The van der Waals surface area contributed by atoms with Gasteiger partial charge >= 0.3 is 6.14 Å². The minimum absolute atomic E-state index is 0.257. The van der Waals surface area contributed by atoms with Crippen LogP contribution in [-0.4, -0.2) is 10.1 Å². The lowest BCUT2D eigenvalue weighted by atomic mass is 10.4. The molecular formula is C5H6FNO2. The molecule has 1 aromatic heterocycles. The molecule has 0 radical (unpaired) electrons. The summed E-state index contributed by atoms with van der Waals surface area (Å²) in [7, 11) is 0. The van der Waals surface area contributed by atoms with Gasteiger partial charge in [0.2, 0.25) is 0 Å². The van der Waals surface area contributed by atoms with Gasteiger partial charge in [0.05, 0.1) is 6.61 Å². The van der Waals surface area contributed by atoms with Crippen molar-refractivity contribution in [2.75, 3.05) is 0 Å². The Bertz CT molecular complexity index is 209. The fraction of sp³-hybridized carbons (Fsp3) is 0.400. The van der Waals surface area contributed by atoms with Crippen molar-refractivity contribution in [1.82, 2.24) is 4.98 Å². The maximum Gasteiger partial charge on any atom is 0.381 e. The Morgan fingerprint density at radius 3 is 2.67 bits per heavy atom. The number of aliphatic hydroxyl groups is 1. The van der Waals surface area contributed by atoms with Gasteiger partial charge in [0, 0.05) is 0 Å². The molecule has 0 unspecified atom stereocenters. The Morgan fingerprint density at radius 2 is 2.44 bits per heavy atom. The Kier molecular flexibility index (Phi) is 1.48. The molecule has 1 N–H and O–H groups in total. The number of aliphatic hydroxyl groups excluding tert-OH is 1. The first kappa shape index (κ1) is 6.22. The number of oxazole rings is 1. The second-order valence-electron chi connectivity index (χ2n) is 1.63. The highest BCUT2D eigenvalue weighted by atomic mass is 19.1. The standard InChI is InChI=1S/C5H6FNO2/c1-3-4(2-8)7-5(6)9-3/h8H,2H2,1H3. The third-order valence-corrected chi connectivity index (χ3v) is 1.02. The van der Waals surface area contributed by atoms with E-state index < -0.39 is 6.14 Å². The molecule has 3 nitrogen and oxygen atoms in total. The summed E-state index contributed by atoms with van der Waals surface area (Å²) in [4.78, 5) is 3.25. The molecular weight excluding hydrogens is 125 g/mol. The number of hydrogen-bond donors (Lipinski definition) is 1. The van der Waals surface area contributed by atoms with Crippen LogP contribution in [0.1, 0.15) is 11.5 Å². The summed E-state index contributed by atoms with van der Waals surface area (Å²) in [5.41, 5.74) is 0.257. The van der Waals surface area contributed by atoms with Gasteiger partial charge in [-0.15, -0.1) is 4.39 Å². The lowest BCUT2D eigenvalue weighted by molar-refractivity contribution is 0.275. The lowest BCUT2D eigenvalue weighted by Crippen LogP contribution is -1.84. The van der Waals surface area contributed by atoms with E-state index >= 15 is 0 Å². The number of hydrogen-bond acceptors (Lipinski definition) is 3. The quantitative estimate of drug-likeness (QED) is 0.607. The summed E-state index contributed by atoms with van der Waals surface area (Å²) in [6.45, 7) is 1.26. The average molecular weight is 131 g/mol. The van der Waals surface area contributed by atoms with E-state index in [-0.39, 0.29) is 12.3 Å². The van der Waals surface area contributed by atoms with Crippen molar-refractivity contribution in [3.8, 4) is 0 Å². The van der Waals surface area contributed by atoms with Crippen LogP contribution in [0.5, 0.6) is 0 Å². The summed E-state index contributed by atoms with van der Waals surface area (Å²) in [5.74, 6) is 0.329. The van der Waals surface area contributed by atoms with Gasteiger partial charge in [-0.2, -0.15) is 4.98 Å². The Hall–Kier alpha value is -0.900. The van der Waals surface area contributed by atoms with E-state index in [0.29, 0.717) is 5.76 Å². The van der Waals surface area contributed by atoms with E-state index in [9.17, 15) is 4.39 Å². The fourth-order valence-electron chi connectivity index (χ4n) is 0.540. The average Bonchev–Trinajstić information content (AvgIpc) is 2.10. The fourth-order valence-corrected chi connectivity index (χ4v) is 0.540. The first-order chi connectivity index (χ1) is 4.24. The molecule has 1 aromatic rings. The molecule has 0 bridgehead atoms. The number of rotatable bonds is 1. The second kappa shape index (κ2) is 2.14. The van der Waals surface area contributed by atoms with Crippen molar-refractivity contribution in [2.45, 2.75) is 13.5 Å². The van der Waals surface area contributed by atoms with E-state index in [1.165, 1.54) is 0 Å². The summed E-state index contributed by atoms with van der Waals surface area (Å²) in [6.07, 6.45) is -0.892. The molecule has 9 heavy (non-hydrogen) atoms. The third-order valence-electron chi connectivity index (χ3n) is 1.02. The maximum absolute atomic E-state index is 12.0. The Balaban J connectivity index is 3.01. The van der Waals surface area contributed by atoms with Crippen LogP contribution in [0.15, 0.2) is 4.42 Å². The highest BCUT2D eigenvalue weighted by molar-refractivity contribution is 5.02. The van der Waals surface area contributed by atoms with Crippen molar-refractivity contribution in [3.63, 3.8) is 0 Å². The molecule has 0 aliphatic heterocycles. The molecule has 0 fully saturated rings. The predicted octanol–water partition coefficient (Wildman–Crippen LogP) is 0.614. The van der Waals surface area contributed by atoms with E-state index in [4.69, 9.17) is 5.11 Å². The number of aryl methyl sites for hydroxylation is 1. The molecule has 0 aliphatic carbocycles. The molecule has 0 saturated heterocycles. The van der Waals surface area contributed by atoms with Crippen LogP contribution in [0, 0.1) is 13.1 Å². The van der Waals surface area contributed by atoms with Gasteiger partial charge in [0.25, 0.3) is 0 Å². The summed E-state index contributed by atoms with van der Waals surface area (Å²) in [6, 6.07) is 0. The van der Waals surface area contributed by atoms with Gasteiger partial charge in [0.15, 0.2) is 0 Å². The minimum atomic E-state index is -0.892. The first-order valence-electron chi connectivity index (χ1n) is 2.46. The Labute approximate surface area is 51.1 Å². The molecule has 50 valence electrons. The predicted molar refractivity (Wildman–Crippen MR) is 27.1 cm³/mol. The van der Waals surface area contributed by atoms with Crippen LogP contribution in [0.25, 0.3) is 0 Å². The zero-order valence-electron chi connectivity index (χ0n) is 4.89. The topological polar surface area (TPSA) is 46.3 Å². The summed E-state index contributed by atoms with van der Waals surface area (Å²) >= 11 is 0. The second-order valence-corrected chi connectivity index (χ2v) is 1.63. The molecule has 4 heteroatoms. The first-order valence-corrected chi connectivity index (χ1v) is 2.46. The minimum Gasteiger partial charge on any atom is -0.420 e. The monoisotopic (exact) mass is 131 g/mol. The van der Waals surface area contributed by atoms with Crippen LogP contribution in [0.4, 0.5) is 4.39 Å². The van der Waals surface area contributed by atoms with E-state index in [2.05, 4.69) is 9.40 Å². The molecule has 1 heterocycles. The van der Waals surface area contributed by atoms with Gasteiger partial charge < -0.3 is 9.52 Å². The third kappa shape index (κ3) is 1.08. The normalized spacial score (nSPS) is 10.1. The molecule has 0 saturated carbocycles.